The summed E-state index contributed by atoms with van der Waals surface area (Å²) in [6.07, 6.45) is 19.4. The van der Waals surface area contributed by atoms with Crippen molar-refractivity contribution in [2.45, 2.75) is 76.8 Å². The normalized spacial score (nSPS) is 21.0. The number of nitrogens with one attached hydrogen (secondary N) is 2. The van der Waals surface area contributed by atoms with E-state index >= 15 is 0 Å². The molecule has 7 heteroatoms. The standard InChI is InChI=1S/C31H42N6O/c38-30(26(20-28-32-13-14-33-28)21-29-34-15-16-35-29)25-8-6-24(7-9-25)22-36-17-10-31(11-18-36)12-19-37(23-31)27-4-2-1-3-5-27/h6-9,13-16,26-27H,1-5,10-12,17-23H2,(H,32,33)(H,34,35). The molecule has 2 saturated heterocycles. The first-order chi connectivity index (χ1) is 18.7. The summed E-state index contributed by atoms with van der Waals surface area (Å²) in [6, 6.07) is 9.18. The summed E-state index contributed by atoms with van der Waals surface area (Å²) >= 11 is 0. The Labute approximate surface area is 226 Å². The van der Waals surface area contributed by atoms with Gasteiger partial charge in [-0.2, -0.15) is 0 Å². The second-order valence-corrected chi connectivity index (χ2v) is 12.0. The predicted molar refractivity (Wildman–Crippen MR) is 149 cm³/mol. The maximum absolute atomic E-state index is 13.5. The second kappa shape index (κ2) is 11.5. The van der Waals surface area contributed by atoms with Crippen LogP contribution in [-0.4, -0.2) is 67.7 Å². The van der Waals surface area contributed by atoms with Gasteiger partial charge < -0.3 is 9.97 Å². The van der Waals surface area contributed by atoms with Crippen LogP contribution in [0.15, 0.2) is 49.1 Å². The summed E-state index contributed by atoms with van der Waals surface area (Å²) < 4.78 is 0. The Balaban J connectivity index is 1.03. The van der Waals surface area contributed by atoms with Gasteiger partial charge in [-0.1, -0.05) is 43.5 Å². The highest BCUT2D eigenvalue weighted by Crippen LogP contribution is 2.42. The quantitative estimate of drug-likeness (QED) is 0.391. The Bertz CT molecular complexity index is 1110. The van der Waals surface area contributed by atoms with Crippen LogP contribution in [-0.2, 0) is 19.4 Å². The van der Waals surface area contributed by atoms with Gasteiger partial charge in [0.2, 0.25) is 0 Å². The van der Waals surface area contributed by atoms with Crippen LogP contribution in [0.1, 0.15) is 78.9 Å². The van der Waals surface area contributed by atoms with Gasteiger partial charge in [-0.25, -0.2) is 9.97 Å². The van der Waals surface area contributed by atoms with Gasteiger partial charge in [-0.3, -0.25) is 14.6 Å². The smallest absolute Gasteiger partial charge is 0.166 e. The summed E-state index contributed by atoms with van der Waals surface area (Å²) in [6.45, 7) is 6.00. The summed E-state index contributed by atoms with van der Waals surface area (Å²) in [7, 11) is 0. The third kappa shape index (κ3) is 5.94. The van der Waals surface area contributed by atoms with Gasteiger partial charge in [0.05, 0.1) is 0 Å². The van der Waals surface area contributed by atoms with Gasteiger partial charge in [0.15, 0.2) is 5.78 Å². The molecule has 6 rings (SSSR count). The van der Waals surface area contributed by atoms with Crippen molar-refractivity contribution in [1.82, 2.24) is 29.7 Å². The fraction of sp³-hybridized carbons (Fsp3) is 0.581. The molecule has 0 bridgehead atoms. The molecule has 2 N–H and O–H groups in total. The first-order valence-electron chi connectivity index (χ1n) is 14.7. The molecule has 1 aliphatic carbocycles. The number of nitrogens with zero attached hydrogens (tertiary/aromatic N) is 4. The molecule has 4 heterocycles. The van der Waals surface area contributed by atoms with Crippen LogP contribution in [0, 0.1) is 11.3 Å². The van der Waals surface area contributed by atoms with Gasteiger partial charge in [0, 0.05) is 68.2 Å². The minimum absolute atomic E-state index is 0.146. The van der Waals surface area contributed by atoms with E-state index in [1.807, 2.05) is 12.1 Å². The molecule has 0 radical (unpaired) electrons. The number of imidazole rings is 2. The number of hydrogen-bond acceptors (Lipinski definition) is 5. The molecule has 0 atom stereocenters. The SMILES string of the molecule is O=C(c1ccc(CN2CCC3(CC2)CCN(C2CCCCC2)C3)cc1)C(Cc1ncc[nH]1)Cc1ncc[nH]1. The molecule has 0 unspecified atom stereocenters. The zero-order valence-electron chi connectivity index (χ0n) is 22.6. The van der Waals surface area contributed by atoms with Crippen molar-refractivity contribution in [2.75, 3.05) is 26.2 Å². The van der Waals surface area contributed by atoms with E-state index in [0.717, 1.165) is 29.8 Å². The number of ketones is 1. The number of rotatable bonds is 9. The molecule has 1 aromatic carbocycles. The second-order valence-electron chi connectivity index (χ2n) is 12.0. The van der Waals surface area contributed by atoms with E-state index in [1.165, 1.54) is 83.1 Å². The van der Waals surface area contributed by atoms with Crippen molar-refractivity contribution in [3.05, 3.63) is 71.8 Å². The Hall–Kier alpha value is -2.77. The first-order valence-corrected chi connectivity index (χ1v) is 14.7. The molecule has 3 fully saturated rings. The monoisotopic (exact) mass is 514 g/mol. The zero-order chi connectivity index (χ0) is 25.8. The highest BCUT2D eigenvalue weighted by atomic mass is 16.1. The van der Waals surface area contributed by atoms with E-state index in [4.69, 9.17) is 0 Å². The van der Waals surface area contributed by atoms with Crippen molar-refractivity contribution in [1.29, 1.82) is 0 Å². The minimum Gasteiger partial charge on any atom is -0.349 e. The summed E-state index contributed by atoms with van der Waals surface area (Å²) in [4.78, 5) is 33.9. The van der Waals surface area contributed by atoms with Gasteiger partial charge in [0.25, 0.3) is 0 Å². The summed E-state index contributed by atoms with van der Waals surface area (Å²) in [5.74, 6) is 1.60. The summed E-state index contributed by atoms with van der Waals surface area (Å²) in [5.41, 5.74) is 2.62. The molecular weight excluding hydrogens is 472 g/mol. The minimum atomic E-state index is -0.212. The molecule has 202 valence electrons. The third-order valence-corrected chi connectivity index (χ3v) is 9.48. The van der Waals surface area contributed by atoms with E-state index in [-0.39, 0.29) is 11.7 Å². The van der Waals surface area contributed by atoms with E-state index in [9.17, 15) is 4.79 Å². The molecule has 3 aliphatic rings. The lowest BCUT2D eigenvalue weighted by molar-refractivity contribution is 0.0905. The van der Waals surface area contributed by atoms with Gasteiger partial charge >= 0.3 is 0 Å². The first kappa shape index (κ1) is 25.5. The number of aromatic amines is 2. The fourth-order valence-electron chi connectivity index (χ4n) is 7.13. The van der Waals surface area contributed by atoms with Crippen LogP contribution < -0.4 is 0 Å². The van der Waals surface area contributed by atoms with Crippen LogP contribution in [0.25, 0.3) is 0 Å². The lowest BCUT2D eigenvalue weighted by Gasteiger charge is -2.40. The Morgan fingerprint density at radius 2 is 1.53 bits per heavy atom. The summed E-state index contributed by atoms with van der Waals surface area (Å²) in [5, 5.41) is 0. The molecule has 1 spiro atoms. The van der Waals surface area contributed by atoms with Crippen LogP contribution >= 0.6 is 0 Å². The number of aromatic nitrogens is 4. The molecule has 2 aliphatic heterocycles. The molecule has 1 saturated carbocycles. The average Bonchev–Trinajstić information content (AvgIpc) is 3.74. The predicted octanol–water partition coefficient (Wildman–Crippen LogP) is 5.04. The highest BCUT2D eigenvalue weighted by Gasteiger charge is 2.42. The van der Waals surface area contributed by atoms with E-state index in [2.05, 4.69) is 41.9 Å². The number of likely N-dealkylation sites (tertiary alicyclic amines) is 2. The van der Waals surface area contributed by atoms with E-state index in [1.54, 1.807) is 24.8 Å². The Morgan fingerprint density at radius 1 is 0.895 bits per heavy atom. The third-order valence-electron chi connectivity index (χ3n) is 9.48. The number of benzene rings is 1. The molecule has 38 heavy (non-hydrogen) atoms. The Kier molecular flexibility index (Phi) is 7.75. The van der Waals surface area contributed by atoms with Gasteiger partial charge in [-0.15, -0.1) is 0 Å². The fourth-order valence-corrected chi connectivity index (χ4v) is 7.13. The highest BCUT2D eigenvalue weighted by molar-refractivity contribution is 5.98. The van der Waals surface area contributed by atoms with Gasteiger partial charge in [0.1, 0.15) is 11.6 Å². The topological polar surface area (TPSA) is 80.9 Å². The van der Waals surface area contributed by atoms with Gasteiger partial charge in [-0.05, 0) is 62.7 Å². The van der Waals surface area contributed by atoms with Crippen molar-refractivity contribution < 1.29 is 4.79 Å². The largest absolute Gasteiger partial charge is 0.349 e. The number of piperidine rings is 1. The van der Waals surface area contributed by atoms with Crippen LogP contribution in [0.2, 0.25) is 0 Å². The number of hydrogen-bond donors (Lipinski definition) is 2. The number of carbonyl (C=O) groups is 1. The molecule has 0 amide bonds. The molecule has 3 aromatic rings. The van der Waals surface area contributed by atoms with Crippen molar-refractivity contribution in [2.24, 2.45) is 11.3 Å². The molecular formula is C31H42N6O. The van der Waals surface area contributed by atoms with Crippen molar-refractivity contribution >= 4 is 5.78 Å². The Morgan fingerprint density at radius 3 is 2.13 bits per heavy atom. The zero-order valence-corrected chi connectivity index (χ0v) is 22.6. The van der Waals surface area contributed by atoms with Crippen molar-refractivity contribution in [3.8, 4) is 0 Å². The maximum atomic E-state index is 13.5. The number of H-pyrrole nitrogens is 2. The van der Waals surface area contributed by atoms with Crippen LogP contribution in [0.5, 0.6) is 0 Å². The lowest BCUT2D eigenvalue weighted by Crippen LogP contribution is -2.43. The van der Waals surface area contributed by atoms with E-state index in [0.29, 0.717) is 18.3 Å². The molecule has 2 aromatic heterocycles. The van der Waals surface area contributed by atoms with Crippen molar-refractivity contribution in [3.63, 3.8) is 0 Å². The van der Waals surface area contributed by atoms with Crippen LogP contribution in [0.4, 0.5) is 0 Å². The molecule has 7 nitrogen and oxygen atoms in total. The van der Waals surface area contributed by atoms with Crippen LogP contribution in [0.3, 0.4) is 0 Å². The van der Waals surface area contributed by atoms with E-state index < -0.39 is 0 Å². The number of carbonyl (C=O) groups excluding carboxylic acids is 1. The lowest BCUT2D eigenvalue weighted by atomic mass is 9.77. The number of Topliss-reactive ketones (excluding diaryl/α,β-unsaturated/α-hetero) is 1. The average molecular weight is 515 g/mol. The maximum Gasteiger partial charge on any atom is 0.166 e.